The van der Waals surface area contributed by atoms with E-state index in [1.165, 1.54) is 6.92 Å². The van der Waals surface area contributed by atoms with Crippen LogP contribution >= 0.6 is 0 Å². The van der Waals surface area contributed by atoms with Crippen molar-refractivity contribution in [3.8, 4) is 0 Å². The maximum absolute atomic E-state index is 13.1. The van der Waals surface area contributed by atoms with Crippen LogP contribution in [0, 0.1) is 35.0 Å². The first-order chi connectivity index (χ1) is 16.9. The van der Waals surface area contributed by atoms with E-state index in [2.05, 4.69) is 0 Å². The molecular weight excluding hydrogens is 464 g/mol. The Hall–Kier alpha value is -2.03. The van der Waals surface area contributed by atoms with Crippen LogP contribution in [0.4, 0.5) is 0 Å². The lowest BCUT2D eigenvalue weighted by Gasteiger charge is -2.52. The Morgan fingerprint density at radius 1 is 1.17 bits per heavy atom. The Morgan fingerprint density at radius 2 is 1.86 bits per heavy atom. The van der Waals surface area contributed by atoms with Crippen LogP contribution in [0.3, 0.4) is 0 Å². The molecule has 4 aliphatic rings. The number of esters is 2. The van der Waals surface area contributed by atoms with E-state index in [1.54, 1.807) is 20.8 Å². The van der Waals surface area contributed by atoms with Crippen LogP contribution in [0.1, 0.15) is 66.7 Å². The van der Waals surface area contributed by atoms with Crippen molar-refractivity contribution in [2.45, 2.75) is 84.0 Å². The number of carbonyl (C=O) groups excluding carboxylic acids is 3. The van der Waals surface area contributed by atoms with Gasteiger partial charge in [-0.15, -0.1) is 0 Å². The molecule has 0 heterocycles. The smallest absolute Gasteiger partial charge is 0.306 e. The van der Waals surface area contributed by atoms with Crippen molar-refractivity contribution in [3.05, 3.63) is 23.3 Å². The van der Waals surface area contributed by atoms with E-state index in [0.29, 0.717) is 24.0 Å². The molecule has 0 aliphatic heterocycles. The van der Waals surface area contributed by atoms with Crippen molar-refractivity contribution in [3.63, 3.8) is 0 Å². The van der Waals surface area contributed by atoms with Gasteiger partial charge in [-0.25, -0.2) is 0 Å². The van der Waals surface area contributed by atoms with Crippen LogP contribution in [0.2, 0.25) is 0 Å². The fraction of sp³-hybridized carbons (Fsp3) is 0.750. The van der Waals surface area contributed by atoms with Crippen molar-refractivity contribution < 1.29 is 39.2 Å². The van der Waals surface area contributed by atoms with Crippen LogP contribution in [0.5, 0.6) is 0 Å². The number of hydrogen-bond acceptors (Lipinski definition) is 8. The zero-order chi connectivity index (χ0) is 26.6. The lowest BCUT2D eigenvalue weighted by molar-refractivity contribution is -0.220. The van der Waals surface area contributed by atoms with Crippen LogP contribution in [0.15, 0.2) is 23.3 Å². The molecule has 8 heteroatoms. The molecular formula is C28H40O8. The number of ketones is 1. The molecule has 4 aliphatic carbocycles. The van der Waals surface area contributed by atoms with Crippen LogP contribution in [0.25, 0.3) is 0 Å². The maximum atomic E-state index is 13.1. The van der Waals surface area contributed by atoms with Crippen molar-refractivity contribution >= 4 is 17.7 Å². The second kappa shape index (κ2) is 9.37. The molecule has 2 saturated carbocycles. The molecule has 0 aromatic carbocycles. The highest BCUT2D eigenvalue weighted by molar-refractivity contribution is 6.00. The van der Waals surface area contributed by atoms with E-state index in [9.17, 15) is 29.7 Å². The normalized spacial score (nSPS) is 42.8. The maximum Gasteiger partial charge on any atom is 0.306 e. The molecule has 0 aromatic rings. The first-order valence-corrected chi connectivity index (χ1v) is 13.2. The molecule has 200 valence electrons. The van der Waals surface area contributed by atoms with E-state index in [-0.39, 0.29) is 25.4 Å². The lowest BCUT2D eigenvalue weighted by Crippen LogP contribution is -2.63. The van der Waals surface area contributed by atoms with Gasteiger partial charge in [-0.05, 0) is 30.9 Å². The first-order valence-electron chi connectivity index (χ1n) is 13.2. The van der Waals surface area contributed by atoms with Crippen LogP contribution in [-0.4, -0.2) is 63.6 Å². The first kappa shape index (κ1) is 27.0. The summed E-state index contributed by atoms with van der Waals surface area (Å²) in [7, 11) is 0. The van der Waals surface area contributed by atoms with E-state index in [0.717, 1.165) is 12.8 Å². The van der Waals surface area contributed by atoms with Gasteiger partial charge in [0.2, 0.25) is 0 Å². The predicted molar refractivity (Wildman–Crippen MR) is 130 cm³/mol. The highest BCUT2D eigenvalue weighted by atomic mass is 16.6. The largest absolute Gasteiger partial charge is 0.458 e. The summed E-state index contributed by atoms with van der Waals surface area (Å²) in [4.78, 5) is 38.4. The van der Waals surface area contributed by atoms with Crippen molar-refractivity contribution in [2.75, 3.05) is 13.2 Å². The molecule has 3 N–H and O–H groups in total. The number of ether oxygens (including phenoxy) is 2. The third-order valence-electron chi connectivity index (χ3n) is 9.56. The number of fused-ring (bicyclic) bond motifs is 5. The number of unbranched alkanes of at least 4 members (excludes halogenated alkanes) is 2. The fourth-order valence-electron chi connectivity index (χ4n) is 7.74. The van der Waals surface area contributed by atoms with Crippen molar-refractivity contribution in [2.24, 2.45) is 35.0 Å². The molecule has 0 amide bonds. The monoisotopic (exact) mass is 504 g/mol. The number of hydrogen-bond donors (Lipinski definition) is 3. The number of Topliss-reactive ketones (excluding diaryl/α,β-unsaturated/α-hetero) is 1. The number of aliphatic hydroxyl groups excluding tert-OH is 2. The van der Waals surface area contributed by atoms with Crippen molar-refractivity contribution in [1.29, 1.82) is 0 Å². The Bertz CT molecular complexity index is 1000. The zero-order valence-electron chi connectivity index (χ0n) is 22.0. The van der Waals surface area contributed by atoms with E-state index in [4.69, 9.17) is 9.47 Å². The molecule has 2 fully saturated rings. The molecule has 4 rings (SSSR count). The zero-order valence-corrected chi connectivity index (χ0v) is 22.0. The second-order valence-electron chi connectivity index (χ2n) is 11.5. The predicted octanol–water partition coefficient (Wildman–Crippen LogP) is 2.49. The molecule has 0 radical (unpaired) electrons. The minimum Gasteiger partial charge on any atom is -0.458 e. The highest BCUT2D eigenvalue weighted by Gasteiger charge is 2.88. The highest BCUT2D eigenvalue weighted by Crippen LogP contribution is 2.76. The van der Waals surface area contributed by atoms with Gasteiger partial charge in [0, 0.05) is 48.3 Å². The number of aliphatic hydroxyl groups is 3. The summed E-state index contributed by atoms with van der Waals surface area (Å²) in [5.74, 6) is -4.10. The van der Waals surface area contributed by atoms with E-state index >= 15 is 0 Å². The minimum absolute atomic E-state index is 0.0636. The average molecular weight is 505 g/mol. The Morgan fingerprint density at radius 3 is 2.44 bits per heavy atom. The summed E-state index contributed by atoms with van der Waals surface area (Å²) in [5, 5.41) is 33.3. The summed E-state index contributed by atoms with van der Waals surface area (Å²) in [6.07, 6.45) is 5.60. The quantitative estimate of drug-likeness (QED) is 0.261. The van der Waals surface area contributed by atoms with Crippen LogP contribution < -0.4 is 0 Å². The van der Waals surface area contributed by atoms with Gasteiger partial charge in [-0.1, -0.05) is 45.8 Å². The minimum atomic E-state index is -1.52. The molecule has 9 atom stereocenters. The SMILES string of the molecule is CCCCCC(=O)OC1C(C)C2(O)C3C=C(C)C(=O)C3CC(CO)=CC2C2C(C)(CO)C12OC(C)=O. The van der Waals surface area contributed by atoms with Gasteiger partial charge in [0.15, 0.2) is 11.4 Å². The van der Waals surface area contributed by atoms with Gasteiger partial charge in [0.05, 0.1) is 18.8 Å². The number of rotatable bonds is 8. The van der Waals surface area contributed by atoms with Gasteiger partial charge in [0.1, 0.15) is 6.10 Å². The molecule has 0 bridgehead atoms. The van der Waals surface area contributed by atoms with E-state index in [1.807, 2.05) is 19.1 Å². The van der Waals surface area contributed by atoms with E-state index < -0.39 is 64.2 Å². The standard InChI is InChI=1S/C28H40O8/c1-6-7-8-9-22(32)35-25-16(3)27(34)20-10-15(2)23(33)19(20)11-18(13-29)12-21(27)24-26(5,14-30)28(24,25)36-17(4)31/h10,12,16,19-21,24-25,29-30,34H,6-9,11,13-14H2,1-5H3. The summed E-state index contributed by atoms with van der Waals surface area (Å²) >= 11 is 0. The van der Waals surface area contributed by atoms with Gasteiger partial charge < -0.3 is 24.8 Å². The Balaban J connectivity index is 1.86. The molecule has 0 spiro atoms. The van der Waals surface area contributed by atoms with Gasteiger partial charge in [-0.3, -0.25) is 14.4 Å². The molecule has 0 aromatic heterocycles. The summed E-state index contributed by atoms with van der Waals surface area (Å²) in [6.45, 7) is 7.99. The summed E-state index contributed by atoms with van der Waals surface area (Å²) in [6, 6.07) is 0. The lowest BCUT2D eigenvalue weighted by atomic mass is 9.60. The number of allylic oxidation sites excluding steroid dienone is 1. The van der Waals surface area contributed by atoms with Crippen molar-refractivity contribution in [1.82, 2.24) is 0 Å². The number of carbonyl (C=O) groups is 3. The molecule has 36 heavy (non-hydrogen) atoms. The fourth-order valence-corrected chi connectivity index (χ4v) is 7.74. The Kier molecular flexibility index (Phi) is 7.03. The summed E-state index contributed by atoms with van der Waals surface area (Å²) in [5.41, 5.74) is -2.65. The third-order valence-corrected chi connectivity index (χ3v) is 9.56. The van der Waals surface area contributed by atoms with Gasteiger partial charge in [0.25, 0.3) is 0 Å². The van der Waals surface area contributed by atoms with Gasteiger partial charge in [-0.2, -0.15) is 0 Å². The van der Waals surface area contributed by atoms with Crippen LogP contribution in [-0.2, 0) is 23.9 Å². The molecule has 0 saturated heterocycles. The Labute approximate surface area is 212 Å². The second-order valence-corrected chi connectivity index (χ2v) is 11.5. The topological polar surface area (TPSA) is 130 Å². The van der Waals surface area contributed by atoms with Gasteiger partial charge >= 0.3 is 11.9 Å². The third kappa shape index (κ3) is 3.63. The summed E-state index contributed by atoms with van der Waals surface area (Å²) < 4.78 is 12.0. The average Bonchev–Trinajstić information content (AvgIpc) is 3.27. The molecule has 8 nitrogen and oxygen atoms in total. The molecule has 9 unspecified atom stereocenters.